The molecule has 1 heterocycles. The zero-order valence-electron chi connectivity index (χ0n) is 11.3. The molecule has 3 N–H and O–H groups in total. The molecule has 0 aliphatic carbocycles. The Bertz CT molecular complexity index is 339. The molecule has 18 heavy (non-hydrogen) atoms. The van der Waals surface area contributed by atoms with Gasteiger partial charge in [-0.15, -0.1) is 0 Å². The van der Waals surface area contributed by atoms with Crippen LogP contribution in [-0.4, -0.2) is 44.7 Å². The van der Waals surface area contributed by atoms with Crippen molar-refractivity contribution in [3.63, 3.8) is 0 Å². The number of nitrogens with one attached hydrogen (secondary N) is 1. The summed E-state index contributed by atoms with van der Waals surface area (Å²) in [5.41, 5.74) is 7.04. The van der Waals surface area contributed by atoms with Crippen molar-refractivity contribution in [2.45, 2.75) is 12.3 Å². The lowest BCUT2D eigenvalue weighted by atomic mass is 9.80. The van der Waals surface area contributed by atoms with E-state index in [1.807, 2.05) is 0 Å². The molecule has 3 nitrogen and oxygen atoms in total. The van der Waals surface area contributed by atoms with Crippen LogP contribution in [0, 0.1) is 5.92 Å². The highest BCUT2D eigenvalue weighted by Crippen LogP contribution is 2.31. The van der Waals surface area contributed by atoms with Crippen molar-refractivity contribution >= 4 is 0 Å². The fourth-order valence-corrected chi connectivity index (χ4v) is 2.95. The van der Waals surface area contributed by atoms with Crippen LogP contribution in [0.15, 0.2) is 30.3 Å². The summed E-state index contributed by atoms with van der Waals surface area (Å²) in [5.74, 6) is 1.38. The van der Waals surface area contributed by atoms with Crippen molar-refractivity contribution in [1.29, 1.82) is 0 Å². The highest BCUT2D eigenvalue weighted by molar-refractivity contribution is 5.21. The summed E-state index contributed by atoms with van der Waals surface area (Å²) >= 11 is 0. The number of likely N-dealkylation sites (tertiary alicyclic amines) is 1. The molecule has 0 radical (unpaired) electrons. The molecule has 0 unspecified atom stereocenters. The van der Waals surface area contributed by atoms with Crippen LogP contribution in [0.5, 0.6) is 0 Å². The normalized spacial score (nSPS) is 25.2. The van der Waals surface area contributed by atoms with Crippen molar-refractivity contribution in [1.82, 2.24) is 10.2 Å². The second-order valence-electron chi connectivity index (χ2n) is 5.32. The van der Waals surface area contributed by atoms with Gasteiger partial charge in [0.2, 0.25) is 0 Å². The number of rotatable bonds is 5. The van der Waals surface area contributed by atoms with Crippen LogP contribution < -0.4 is 11.1 Å². The maximum absolute atomic E-state index is 5.54. The quantitative estimate of drug-likeness (QED) is 0.770. The molecule has 1 fully saturated rings. The first kappa shape index (κ1) is 13.5. The van der Waals surface area contributed by atoms with E-state index in [0.29, 0.717) is 11.8 Å². The van der Waals surface area contributed by atoms with Gasteiger partial charge < -0.3 is 16.0 Å². The Hall–Kier alpha value is -0.900. The Morgan fingerprint density at radius 3 is 2.83 bits per heavy atom. The zero-order valence-corrected chi connectivity index (χ0v) is 11.3. The van der Waals surface area contributed by atoms with Gasteiger partial charge in [-0.25, -0.2) is 0 Å². The molecule has 0 aromatic heterocycles. The third-order valence-electron chi connectivity index (χ3n) is 3.89. The molecule has 2 atom stereocenters. The number of nitrogens with zero attached hydrogens (tertiary/aromatic N) is 1. The first-order valence-corrected chi connectivity index (χ1v) is 6.95. The summed E-state index contributed by atoms with van der Waals surface area (Å²) in [6.07, 6.45) is 1.26. The maximum Gasteiger partial charge on any atom is 0.00746 e. The third kappa shape index (κ3) is 3.55. The Labute approximate surface area is 110 Å². The van der Waals surface area contributed by atoms with Crippen molar-refractivity contribution < 1.29 is 0 Å². The molecule has 1 aromatic rings. The fraction of sp³-hybridized carbons (Fsp3) is 0.600. The Kier molecular flexibility index (Phi) is 5.17. The van der Waals surface area contributed by atoms with Gasteiger partial charge in [0, 0.05) is 19.6 Å². The van der Waals surface area contributed by atoms with E-state index in [4.69, 9.17) is 5.73 Å². The van der Waals surface area contributed by atoms with Gasteiger partial charge in [-0.2, -0.15) is 0 Å². The molecule has 1 aromatic carbocycles. The lowest BCUT2D eigenvalue weighted by Gasteiger charge is -2.37. The molecule has 0 saturated carbocycles. The first-order valence-electron chi connectivity index (χ1n) is 6.95. The van der Waals surface area contributed by atoms with Crippen LogP contribution in [0.3, 0.4) is 0 Å². The average molecular weight is 247 g/mol. The summed E-state index contributed by atoms with van der Waals surface area (Å²) in [5, 5.41) is 3.47. The molecule has 1 aliphatic heterocycles. The molecule has 1 aliphatic rings. The Balaban J connectivity index is 2.01. The molecular weight excluding hydrogens is 222 g/mol. The molecule has 0 amide bonds. The SMILES string of the molecule is CN1CC[C@H](c2ccccc2)[C@@H](CNCCN)C1. The second kappa shape index (κ2) is 6.88. The molecule has 0 bridgehead atoms. The third-order valence-corrected chi connectivity index (χ3v) is 3.89. The minimum Gasteiger partial charge on any atom is -0.329 e. The van der Waals surface area contributed by atoms with E-state index in [2.05, 4.69) is 47.6 Å². The van der Waals surface area contributed by atoms with Crippen LogP contribution in [-0.2, 0) is 0 Å². The van der Waals surface area contributed by atoms with E-state index in [0.717, 1.165) is 19.6 Å². The van der Waals surface area contributed by atoms with Crippen LogP contribution >= 0.6 is 0 Å². The molecule has 100 valence electrons. The van der Waals surface area contributed by atoms with Crippen LogP contribution in [0.1, 0.15) is 17.9 Å². The highest BCUT2D eigenvalue weighted by Gasteiger charge is 2.28. The van der Waals surface area contributed by atoms with Crippen LogP contribution in [0.4, 0.5) is 0 Å². The molecular formula is C15H25N3. The highest BCUT2D eigenvalue weighted by atomic mass is 15.1. The largest absolute Gasteiger partial charge is 0.329 e. The van der Waals surface area contributed by atoms with E-state index in [1.165, 1.54) is 25.1 Å². The van der Waals surface area contributed by atoms with Gasteiger partial charge in [0.1, 0.15) is 0 Å². The minimum absolute atomic E-state index is 0.688. The molecule has 0 spiro atoms. The maximum atomic E-state index is 5.54. The smallest absolute Gasteiger partial charge is 0.00746 e. The monoisotopic (exact) mass is 247 g/mol. The van der Waals surface area contributed by atoms with E-state index in [1.54, 1.807) is 0 Å². The summed E-state index contributed by atoms with van der Waals surface area (Å²) in [6, 6.07) is 10.9. The molecule has 1 saturated heterocycles. The van der Waals surface area contributed by atoms with Crippen LogP contribution in [0.2, 0.25) is 0 Å². The van der Waals surface area contributed by atoms with Crippen molar-refractivity contribution in [3.8, 4) is 0 Å². The summed E-state index contributed by atoms with van der Waals surface area (Å²) < 4.78 is 0. The fourth-order valence-electron chi connectivity index (χ4n) is 2.95. The Morgan fingerprint density at radius 1 is 1.33 bits per heavy atom. The van der Waals surface area contributed by atoms with Crippen molar-refractivity contribution in [3.05, 3.63) is 35.9 Å². The predicted octanol–water partition coefficient (Wildman–Crippen LogP) is 1.27. The number of piperidine rings is 1. The van der Waals surface area contributed by atoms with Crippen molar-refractivity contribution in [2.24, 2.45) is 11.7 Å². The lowest BCUT2D eigenvalue weighted by Crippen LogP contribution is -2.42. The van der Waals surface area contributed by atoms with Gasteiger partial charge in [0.25, 0.3) is 0 Å². The number of hydrogen-bond donors (Lipinski definition) is 2. The van der Waals surface area contributed by atoms with Crippen LogP contribution in [0.25, 0.3) is 0 Å². The number of nitrogens with two attached hydrogens (primary N) is 1. The van der Waals surface area contributed by atoms with E-state index in [9.17, 15) is 0 Å². The van der Waals surface area contributed by atoms with Gasteiger partial charge in [0.15, 0.2) is 0 Å². The van der Waals surface area contributed by atoms with E-state index in [-0.39, 0.29) is 0 Å². The molecule has 2 rings (SSSR count). The number of benzene rings is 1. The van der Waals surface area contributed by atoms with Crippen molar-refractivity contribution in [2.75, 3.05) is 39.8 Å². The van der Waals surface area contributed by atoms with Gasteiger partial charge in [0.05, 0.1) is 0 Å². The second-order valence-corrected chi connectivity index (χ2v) is 5.32. The topological polar surface area (TPSA) is 41.3 Å². The van der Waals surface area contributed by atoms with Gasteiger partial charge in [-0.1, -0.05) is 30.3 Å². The lowest BCUT2D eigenvalue weighted by molar-refractivity contribution is 0.181. The zero-order chi connectivity index (χ0) is 12.8. The predicted molar refractivity (Wildman–Crippen MR) is 76.7 cm³/mol. The van der Waals surface area contributed by atoms with Gasteiger partial charge >= 0.3 is 0 Å². The first-order chi connectivity index (χ1) is 8.81. The van der Waals surface area contributed by atoms with E-state index < -0.39 is 0 Å². The number of hydrogen-bond acceptors (Lipinski definition) is 3. The summed E-state index contributed by atoms with van der Waals surface area (Å²) in [4.78, 5) is 2.44. The summed E-state index contributed by atoms with van der Waals surface area (Å²) in [6.45, 7) is 5.09. The molecule has 3 heteroatoms. The Morgan fingerprint density at radius 2 is 2.11 bits per heavy atom. The van der Waals surface area contributed by atoms with Gasteiger partial charge in [-0.05, 0) is 44.0 Å². The van der Waals surface area contributed by atoms with E-state index >= 15 is 0 Å². The standard InChI is InChI=1S/C15H25N3/c1-18-10-7-15(13-5-3-2-4-6-13)14(12-18)11-17-9-8-16/h2-6,14-15,17H,7-12,16H2,1H3/t14-,15+/m0/s1. The minimum atomic E-state index is 0.688. The van der Waals surface area contributed by atoms with Gasteiger partial charge in [-0.3, -0.25) is 0 Å². The average Bonchev–Trinajstić information content (AvgIpc) is 2.40. The summed E-state index contributed by atoms with van der Waals surface area (Å²) in [7, 11) is 2.22.